The molecule has 8 nitrogen and oxygen atoms in total. The SMILES string of the molecule is O=C(NC1CCN(c2nccn3cccc23)C1)c1csc(N2CCC(O)CC2)n1. The lowest BCUT2D eigenvalue weighted by molar-refractivity contribution is 0.0936. The van der Waals surface area contributed by atoms with Gasteiger partial charge in [-0.05, 0) is 31.4 Å². The summed E-state index contributed by atoms with van der Waals surface area (Å²) >= 11 is 1.49. The Kier molecular flexibility index (Phi) is 4.84. The quantitative estimate of drug-likeness (QED) is 0.679. The molecule has 0 saturated carbocycles. The molecule has 2 saturated heterocycles. The van der Waals surface area contributed by atoms with Crippen LogP contribution in [0.25, 0.3) is 5.52 Å². The number of aliphatic hydroxyl groups excluding tert-OH is 1. The summed E-state index contributed by atoms with van der Waals surface area (Å²) in [6, 6.07) is 4.15. The number of thiazole rings is 1. The van der Waals surface area contributed by atoms with E-state index in [2.05, 4.69) is 35.6 Å². The molecule has 3 aromatic heterocycles. The molecule has 2 N–H and O–H groups in total. The van der Waals surface area contributed by atoms with E-state index in [4.69, 9.17) is 0 Å². The summed E-state index contributed by atoms with van der Waals surface area (Å²) in [5.41, 5.74) is 1.55. The van der Waals surface area contributed by atoms with Gasteiger partial charge in [0.25, 0.3) is 5.91 Å². The third kappa shape index (κ3) is 3.67. The average molecular weight is 413 g/mol. The Balaban J connectivity index is 1.21. The van der Waals surface area contributed by atoms with Crippen LogP contribution >= 0.6 is 11.3 Å². The molecule has 5 rings (SSSR count). The summed E-state index contributed by atoms with van der Waals surface area (Å²) in [5, 5.41) is 15.5. The maximum Gasteiger partial charge on any atom is 0.271 e. The number of anilines is 2. The highest BCUT2D eigenvalue weighted by atomic mass is 32.1. The Bertz CT molecular complexity index is 1010. The smallest absolute Gasteiger partial charge is 0.271 e. The molecule has 1 unspecified atom stereocenters. The van der Waals surface area contributed by atoms with E-state index >= 15 is 0 Å². The van der Waals surface area contributed by atoms with Crippen molar-refractivity contribution in [1.82, 2.24) is 19.7 Å². The van der Waals surface area contributed by atoms with Gasteiger partial charge < -0.3 is 24.6 Å². The van der Waals surface area contributed by atoms with E-state index < -0.39 is 0 Å². The number of fused-ring (bicyclic) bond motifs is 1. The Morgan fingerprint density at radius 2 is 2.00 bits per heavy atom. The van der Waals surface area contributed by atoms with Crippen LogP contribution in [0.4, 0.5) is 10.9 Å². The zero-order valence-corrected chi connectivity index (χ0v) is 16.9. The summed E-state index contributed by atoms with van der Waals surface area (Å²) in [5.74, 6) is 0.836. The Morgan fingerprint density at radius 3 is 2.86 bits per heavy atom. The number of aliphatic hydroxyl groups is 1. The van der Waals surface area contributed by atoms with Crippen molar-refractivity contribution in [2.24, 2.45) is 0 Å². The highest BCUT2D eigenvalue weighted by Crippen LogP contribution is 2.26. The summed E-state index contributed by atoms with van der Waals surface area (Å²) < 4.78 is 2.06. The van der Waals surface area contributed by atoms with E-state index in [1.165, 1.54) is 11.3 Å². The Morgan fingerprint density at radius 1 is 1.17 bits per heavy atom. The molecule has 29 heavy (non-hydrogen) atoms. The molecule has 0 aromatic carbocycles. The Hall–Kier alpha value is -2.65. The van der Waals surface area contributed by atoms with Gasteiger partial charge in [0.05, 0.1) is 11.6 Å². The fourth-order valence-corrected chi connectivity index (χ4v) is 4.96. The summed E-state index contributed by atoms with van der Waals surface area (Å²) in [7, 11) is 0. The van der Waals surface area contributed by atoms with E-state index in [0.717, 1.165) is 61.9 Å². The number of carbonyl (C=O) groups excluding carboxylic acids is 1. The van der Waals surface area contributed by atoms with Gasteiger partial charge in [-0.15, -0.1) is 11.3 Å². The van der Waals surface area contributed by atoms with E-state index in [9.17, 15) is 9.90 Å². The molecule has 5 heterocycles. The van der Waals surface area contributed by atoms with Gasteiger partial charge in [0, 0.05) is 56.2 Å². The first kappa shape index (κ1) is 18.4. The van der Waals surface area contributed by atoms with E-state index in [0.29, 0.717) is 5.69 Å². The molecule has 2 aliphatic rings. The molecule has 2 fully saturated rings. The zero-order chi connectivity index (χ0) is 19.8. The molecule has 1 amide bonds. The lowest BCUT2D eigenvalue weighted by Crippen LogP contribution is -2.38. The number of rotatable bonds is 4. The van der Waals surface area contributed by atoms with Gasteiger partial charge in [-0.2, -0.15) is 0 Å². The second kappa shape index (κ2) is 7.64. The minimum atomic E-state index is -0.216. The van der Waals surface area contributed by atoms with Crippen LogP contribution in [0, 0.1) is 0 Å². The van der Waals surface area contributed by atoms with Gasteiger partial charge in [-0.1, -0.05) is 0 Å². The van der Waals surface area contributed by atoms with Crippen molar-refractivity contribution in [2.75, 3.05) is 36.0 Å². The zero-order valence-electron chi connectivity index (χ0n) is 16.1. The standard InChI is InChI=1S/C20H24N6O2S/c27-15-4-9-25(10-5-15)20-23-16(13-29-20)19(28)22-14-3-8-26(12-14)18-17-2-1-7-24(17)11-6-21-18/h1-2,6-7,11,13-15,27H,3-5,8-10,12H2,(H,22,28). The Labute approximate surface area is 172 Å². The van der Waals surface area contributed by atoms with Crippen LogP contribution in [-0.4, -0.2) is 63.7 Å². The van der Waals surface area contributed by atoms with Gasteiger partial charge in [-0.25, -0.2) is 9.97 Å². The van der Waals surface area contributed by atoms with Crippen LogP contribution in [-0.2, 0) is 0 Å². The summed E-state index contributed by atoms with van der Waals surface area (Å²) in [4.78, 5) is 26.2. The number of carbonyl (C=O) groups is 1. The van der Waals surface area contributed by atoms with Gasteiger partial charge >= 0.3 is 0 Å². The molecule has 0 radical (unpaired) electrons. The van der Waals surface area contributed by atoms with Crippen molar-refractivity contribution in [2.45, 2.75) is 31.4 Å². The van der Waals surface area contributed by atoms with E-state index in [-0.39, 0.29) is 18.1 Å². The molecule has 0 spiro atoms. The first-order chi connectivity index (χ1) is 14.2. The fraction of sp³-hybridized carbons (Fsp3) is 0.450. The number of amides is 1. The minimum absolute atomic E-state index is 0.0785. The minimum Gasteiger partial charge on any atom is -0.393 e. The molecule has 2 aliphatic heterocycles. The van der Waals surface area contributed by atoms with Crippen LogP contribution in [0.3, 0.4) is 0 Å². The largest absolute Gasteiger partial charge is 0.393 e. The maximum atomic E-state index is 12.7. The second-order valence-corrected chi connectivity index (χ2v) is 8.53. The molecule has 0 aliphatic carbocycles. The summed E-state index contributed by atoms with van der Waals surface area (Å²) in [6.07, 6.45) is 7.94. The molecule has 152 valence electrons. The molecule has 3 aromatic rings. The lowest BCUT2D eigenvalue weighted by atomic mass is 10.1. The maximum absolute atomic E-state index is 12.7. The van der Waals surface area contributed by atoms with Gasteiger partial charge in [-0.3, -0.25) is 4.79 Å². The normalized spacial score (nSPS) is 20.5. The predicted molar refractivity (Wildman–Crippen MR) is 113 cm³/mol. The third-order valence-corrected chi connectivity index (χ3v) is 6.62. The molecule has 9 heteroatoms. The number of hydrogen-bond donors (Lipinski definition) is 2. The number of nitrogens with zero attached hydrogens (tertiary/aromatic N) is 5. The lowest BCUT2D eigenvalue weighted by Gasteiger charge is -2.29. The van der Waals surface area contributed by atoms with Crippen LogP contribution in [0.2, 0.25) is 0 Å². The van der Waals surface area contributed by atoms with Crippen LogP contribution in [0.15, 0.2) is 36.1 Å². The fourth-order valence-electron chi connectivity index (χ4n) is 4.10. The van der Waals surface area contributed by atoms with Crippen molar-refractivity contribution in [3.05, 3.63) is 41.8 Å². The first-order valence-electron chi connectivity index (χ1n) is 10.0. The van der Waals surface area contributed by atoms with E-state index in [1.54, 1.807) is 0 Å². The van der Waals surface area contributed by atoms with Crippen LogP contribution in [0.1, 0.15) is 29.8 Å². The molecular weight excluding hydrogens is 388 g/mol. The van der Waals surface area contributed by atoms with Gasteiger partial charge in [0.15, 0.2) is 10.9 Å². The second-order valence-electron chi connectivity index (χ2n) is 7.69. The van der Waals surface area contributed by atoms with E-state index in [1.807, 2.05) is 30.0 Å². The number of aromatic nitrogens is 3. The average Bonchev–Trinajstić information content (AvgIpc) is 3.48. The highest BCUT2D eigenvalue weighted by molar-refractivity contribution is 7.13. The summed E-state index contributed by atoms with van der Waals surface area (Å²) in [6.45, 7) is 3.17. The predicted octanol–water partition coefficient (Wildman–Crippen LogP) is 1.76. The van der Waals surface area contributed by atoms with Crippen LogP contribution < -0.4 is 15.1 Å². The van der Waals surface area contributed by atoms with Gasteiger partial charge in [0.1, 0.15) is 5.69 Å². The molecule has 1 atom stereocenters. The number of hydrogen-bond acceptors (Lipinski definition) is 7. The molecule has 0 bridgehead atoms. The number of piperidine rings is 1. The number of nitrogens with one attached hydrogen (secondary N) is 1. The van der Waals surface area contributed by atoms with Crippen molar-refractivity contribution < 1.29 is 9.90 Å². The van der Waals surface area contributed by atoms with Crippen molar-refractivity contribution in [1.29, 1.82) is 0 Å². The third-order valence-electron chi connectivity index (χ3n) is 5.71. The first-order valence-corrected chi connectivity index (χ1v) is 10.9. The van der Waals surface area contributed by atoms with Crippen molar-refractivity contribution in [3.63, 3.8) is 0 Å². The van der Waals surface area contributed by atoms with Crippen molar-refractivity contribution >= 4 is 33.7 Å². The van der Waals surface area contributed by atoms with Crippen LogP contribution in [0.5, 0.6) is 0 Å². The molecular formula is C20H24N6O2S. The monoisotopic (exact) mass is 412 g/mol. The van der Waals surface area contributed by atoms with Crippen molar-refractivity contribution in [3.8, 4) is 0 Å². The van der Waals surface area contributed by atoms with Gasteiger partial charge in [0.2, 0.25) is 0 Å². The topological polar surface area (TPSA) is 86.0 Å². The highest BCUT2D eigenvalue weighted by Gasteiger charge is 2.27.